The fourth-order valence-corrected chi connectivity index (χ4v) is 2.86. The smallest absolute Gasteiger partial charge is 0.212 e. The summed E-state index contributed by atoms with van der Waals surface area (Å²) >= 11 is 0. The van der Waals surface area contributed by atoms with Crippen molar-refractivity contribution in [1.82, 2.24) is 9.55 Å². The fourth-order valence-electron chi connectivity index (χ4n) is 2.86. The summed E-state index contributed by atoms with van der Waals surface area (Å²) in [7, 11) is 0. The van der Waals surface area contributed by atoms with E-state index in [1.807, 2.05) is 54.7 Å². The Morgan fingerprint density at radius 1 is 0.760 bits per heavy atom. The van der Waals surface area contributed by atoms with Gasteiger partial charge in [-0.3, -0.25) is 4.57 Å². The van der Waals surface area contributed by atoms with E-state index in [0.717, 1.165) is 28.6 Å². The zero-order valence-corrected chi connectivity index (χ0v) is 14.1. The van der Waals surface area contributed by atoms with Crippen LogP contribution in [-0.2, 0) is 0 Å². The van der Waals surface area contributed by atoms with Crippen LogP contribution in [0.25, 0.3) is 16.9 Å². The van der Waals surface area contributed by atoms with Crippen molar-refractivity contribution in [1.29, 1.82) is 0 Å². The topological polar surface area (TPSA) is 29.9 Å². The van der Waals surface area contributed by atoms with Gasteiger partial charge in [-0.2, -0.15) is 0 Å². The van der Waals surface area contributed by atoms with Crippen molar-refractivity contribution in [2.45, 2.75) is 6.92 Å². The number of aryl methyl sites for hydroxylation is 1. The van der Waals surface area contributed by atoms with E-state index >= 15 is 0 Å². The predicted molar refractivity (Wildman–Crippen MR) is 103 cm³/mol. The van der Waals surface area contributed by atoms with Crippen LogP contribution in [0.5, 0.6) is 0 Å². The molecule has 3 heteroatoms. The molecule has 3 nitrogen and oxygen atoms in total. The van der Waals surface area contributed by atoms with E-state index < -0.39 is 0 Å². The van der Waals surface area contributed by atoms with Gasteiger partial charge in [-0.15, -0.1) is 0 Å². The molecule has 0 amide bonds. The van der Waals surface area contributed by atoms with Crippen molar-refractivity contribution in [3.8, 4) is 16.9 Å². The summed E-state index contributed by atoms with van der Waals surface area (Å²) in [6.07, 6.45) is 1.92. The van der Waals surface area contributed by atoms with E-state index in [0.29, 0.717) is 0 Å². The van der Waals surface area contributed by atoms with Crippen LogP contribution in [0.4, 0.5) is 11.6 Å². The van der Waals surface area contributed by atoms with Crippen molar-refractivity contribution >= 4 is 11.6 Å². The molecule has 122 valence electrons. The number of hydrogen-bond donors (Lipinski definition) is 1. The molecule has 0 saturated heterocycles. The molecule has 0 fully saturated rings. The minimum Gasteiger partial charge on any atom is -0.325 e. The second kappa shape index (κ2) is 6.65. The highest BCUT2D eigenvalue weighted by molar-refractivity contribution is 5.68. The number of nitrogens with one attached hydrogen (secondary N) is 1. The number of nitrogens with zero attached hydrogens (tertiary/aromatic N) is 2. The Kier molecular flexibility index (Phi) is 4.05. The van der Waals surface area contributed by atoms with Crippen LogP contribution in [0.15, 0.2) is 91.1 Å². The van der Waals surface area contributed by atoms with Crippen LogP contribution in [0.2, 0.25) is 0 Å². The second-order valence-electron chi connectivity index (χ2n) is 6.00. The molecule has 1 aromatic heterocycles. The van der Waals surface area contributed by atoms with Gasteiger partial charge in [-0.1, -0.05) is 66.2 Å². The minimum absolute atomic E-state index is 0.799. The molecule has 0 radical (unpaired) electrons. The molecule has 4 rings (SSSR count). The average molecular weight is 325 g/mol. The highest BCUT2D eigenvalue weighted by atomic mass is 15.2. The lowest BCUT2D eigenvalue weighted by Gasteiger charge is -2.13. The van der Waals surface area contributed by atoms with Gasteiger partial charge < -0.3 is 5.32 Å². The summed E-state index contributed by atoms with van der Waals surface area (Å²) in [6.45, 7) is 2.10. The Morgan fingerprint density at radius 3 is 2.08 bits per heavy atom. The lowest BCUT2D eigenvalue weighted by atomic mass is 10.1. The van der Waals surface area contributed by atoms with Gasteiger partial charge in [0.05, 0.1) is 11.9 Å². The second-order valence-corrected chi connectivity index (χ2v) is 6.00. The maximum Gasteiger partial charge on any atom is 0.212 e. The molecule has 1 N–H and O–H groups in total. The molecule has 0 saturated carbocycles. The molecule has 0 bridgehead atoms. The maximum absolute atomic E-state index is 4.64. The van der Waals surface area contributed by atoms with Gasteiger partial charge in [-0.25, -0.2) is 4.98 Å². The maximum atomic E-state index is 4.64. The lowest BCUT2D eigenvalue weighted by molar-refractivity contribution is 1.07. The van der Waals surface area contributed by atoms with Crippen LogP contribution in [0.1, 0.15) is 5.56 Å². The Morgan fingerprint density at radius 2 is 1.40 bits per heavy atom. The zero-order valence-electron chi connectivity index (χ0n) is 14.1. The number of benzene rings is 3. The zero-order chi connectivity index (χ0) is 17.1. The van der Waals surface area contributed by atoms with Crippen LogP contribution in [-0.4, -0.2) is 9.55 Å². The monoisotopic (exact) mass is 325 g/mol. The third-order valence-corrected chi connectivity index (χ3v) is 4.15. The van der Waals surface area contributed by atoms with Gasteiger partial charge in [0.2, 0.25) is 5.95 Å². The summed E-state index contributed by atoms with van der Waals surface area (Å²) in [4.78, 5) is 4.64. The van der Waals surface area contributed by atoms with Crippen molar-refractivity contribution in [3.05, 3.63) is 96.7 Å². The molecule has 0 atom stereocenters. The first-order valence-electron chi connectivity index (χ1n) is 8.33. The van der Waals surface area contributed by atoms with Gasteiger partial charge in [0.25, 0.3) is 0 Å². The van der Waals surface area contributed by atoms with Gasteiger partial charge in [0, 0.05) is 16.9 Å². The SMILES string of the molecule is Cc1ccc(-c2cnc(Nc3ccccc3)n2-c2ccccc2)cc1. The summed E-state index contributed by atoms with van der Waals surface area (Å²) in [5, 5.41) is 3.42. The Balaban J connectivity index is 1.83. The van der Waals surface area contributed by atoms with E-state index in [4.69, 9.17) is 0 Å². The number of imidazole rings is 1. The van der Waals surface area contributed by atoms with Crippen molar-refractivity contribution in [2.24, 2.45) is 0 Å². The molecule has 0 spiro atoms. The van der Waals surface area contributed by atoms with E-state index in [1.54, 1.807) is 0 Å². The molecule has 0 aliphatic rings. The molecule has 0 aliphatic carbocycles. The molecular formula is C22H19N3. The summed E-state index contributed by atoms with van der Waals surface area (Å²) < 4.78 is 2.15. The van der Waals surface area contributed by atoms with Crippen molar-refractivity contribution < 1.29 is 0 Å². The highest BCUT2D eigenvalue weighted by Crippen LogP contribution is 2.29. The third-order valence-electron chi connectivity index (χ3n) is 4.15. The van der Waals surface area contributed by atoms with E-state index in [2.05, 4.69) is 58.2 Å². The standard InChI is InChI=1S/C22H19N3/c1-17-12-14-18(15-13-17)21-16-23-22(24-19-8-4-2-5-9-19)25(21)20-10-6-3-7-11-20/h2-16H,1H3,(H,23,24). The van der Waals surface area contributed by atoms with Crippen molar-refractivity contribution in [2.75, 3.05) is 5.32 Å². The molecule has 3 aromatic carbocycles. The van der Waals surface area contributed by atoms with Crippen molar-refractivity contribution in [3.63, 3.8) is 0 Å². The summed E-state index contributed by atoms with van der Waals surface area (Å²) in [5.74, 6) is 0.799. The number of rotatable bonds is 4. The molecule has 25 heavy (non-hydrogen) atoms. The van der Waals surface area contributed by atoms with E-state index in [9.17, 15) is 0 Å². The summed E-state index contributed by atoms with van der Waals surface area (Å²) in [5.41, 5.74) is 5.54. The molecule has 0 aliphatic heterocycles. The first kappa shape index (κ1) is 15.2. The fraction of sp³-hybridized carbons (Fsp3) is 0.0455. The molecule has 0 unspecified atom stereocenters. The normalized spacial score (nSPS) is 10.6. The number of aromatic nitrogens is 2. The first-order valence-corrected chi connectivity index (χ1v) is 8.33. The van der Waals surface area contributed by atoms with Crippen LogP contribution >= 0.6 is 0 Å². The first-order chi connectivity index (χ1) is 12.3. The Labute approximate surface area is 147 Å². The quantitative estimate of drug-likeness (QED) is 0.530. The average Bonchev–Trinajstić information content (AvgIpc) is 3.07. The Bertz CT molecular complexity index is 955. The van der Waals surface area contributed by atoms with E-state index in [-0.39, 0.29) is 0 Å². The number of para-hydroxylation sites is 2. The molecule has 1 heterocycles. The van der Waals surface area contributed by atoms with Gasteiger partial charge in [0.15, 0.2) is 0 Å². The predicted octanol–water partition coefficient (Wildman–Crippen LogP) is 5.59. The van der Waals surface area contributed by atoms with Gasteiger partial charge >= 0.3 is 0 Å². The van der Waals surface area contributed by atoms with Crippen LogP contribution < -0.4 is 5.32 Å². The highest BCUT2D eigenvalue weighted by Gasteiger charge is 2.13. The van der Waals surface area contributed by atoms with Gasteiger partial charge in [-0.05, 0) is 31.2 Å². The Hall–Kier alpha value is -3.33. The molecular weight excluding hydrogens is 306 g/mol. The minimum atomic E-state index is 0.799. The lowest BCUT2D eigenvalue weighted by Crippen LogP contribution is -2.03. The van der Waals surface area contributed by atoms with E-state index in [1.165, 1.54) is 5.56 Å². The van der Waals surface area contributed by atoms with Gasteiger partial charge in [0.1, 0.15) is 0 Å². The van der Waals surface area contributed by atoms with Crippen LogP contribution in [0, 0.1) is 6.92 Å². The third kappa shape index (κ3) is 3.17. The number of anilines is 2. The molecule has 4 aromatic rings. The number of hydrogen-bond acceptors (Lipinski definition) is 2. The summed E-state index contributed by atoms with van der Waals surface area (Å²) in [6, 6.07) is 28.9. The van der Waals surface area contributed by atoms with Crippen LogP contribution in [0.3, 0.4) is 0 Å². The largest absolute Gasteiger partial charge is 0.325 e.